The van der Waals surface area contributed by atoms with E-state index in [9.17, 15) is 13.2 Å². The van der Waals surface area contributed by atoms with Gasteiger partial charge in [-0.05, 0) is 42.5 Å². The second-order valence-corrected chi connectivity index (χ2v) is 5.30. The fourth-order valence-electron chi connectivity index (χ4n) is 1.64. The number of nitrogens with zero attached hydrogens (tertiary/aromatic N) is 1. The maximum atomic E-state index is 12.5. The van der Waals surface area contributed by atoms with Crippen molar-refractivity contribution in [1.29, 1.82) is 0 Å². The molecule has 10 heteroatoms. The molecule has 0 bridgehead atoms. The summed E-state index contributed by atoms with van der Waals surface area (Å²) in [6.07, 6.45) is -3.83. The van der Waals surface area contributed by atoms with Gasteiger partial charge >= 0.3 is 6.18 Å². The van der Waals surface area contributed by atoms with E-state index in [-0.39, 0.29) is 16.0 Å². The molecule has 2 aromatic rings. The van der Waals surface area contributed by atoms with E-state index < -0.39 is 11.7 Å². The first kappa shape index (κ1) is 18.1. The Morgan fingerprint density at radius 2 is 1.92 bits per heavy atom. The highest BCUT2D eigenvalue weighted by Gasteiger charge is 2.31. The predicted octanol–water partition coefficient (Wildman–Crippen LogP) is 4.08. The first-order valence-electron chi connectivity index (χ1n) is 6.49. The minimum atomic E-state index is -4.51. The number of pyridine rings is 1. The number of halogens is 4. The van der Waals surface area contributed by atoms with Gasteiger partial charge in [0.25, 0.3) is 0 Å². The molecule has 0 unspecified atom stereocenters. The van der Waals surface area contributed by atoms with Gasteiger partial charge in [0.05, 0.1) is 17.7 Å². The molecule has 3 N–H and O–H groups in total. The van der Waals surface area contributed by atoms with Crippen molar-refractivity contribution in [2.45, 2.75) is 6.18 Å². The van der Waals surface area contributed by atoms with Crippen LogP contribution in [-0.4, -0.2) is 17.2 Å². The van der Waals surface area contributed by atoms with Crippen molar-refractivity contribution < 1.29 is 17.9 Å². The van der Waals surface area contributed by atoms with E-state index in [0.29, 0.717) is 17.6 Å². The number of hydrazine groups is 1. The number of rotatable bonds is 4. The van der Waals surface area contributed by atoms with Crippen LogP contribution in [0.15, 0.2) is 36.5 Å². The predicted molar refractivity (Wildman–Crippen MR) is 90.2 cm³/mol. The maximum Gasteiger partial charge on any atom is 0.417 e. The Balaban J connectivity index is 1.93. The molecule has 2 rings (SSSR count). The number of aromatic nitrogens is 1. The molecule has 5 nitrogen and oxygen atoms in total. The fraction of sp³-hybridized carbons (Fsp3) is 0.143. The topological polar surface area (TPSA) is 58.2 Å². The molecule has 0 fully saturated rings. The third-order valence-corrected chi connectivity index (χ3v) is 3.30. The van der Waals surface area contributed by atoms with E-state index in [1.165, 1.54) is 0 Å². The Bertz CT molecular complexity index is 725. The average molecular weight is 377 g/mol. The number of nitrogens with one attached hydrogen (secondary N) is 3. The molecule has 0 saturated carbocycles. The van der Waals surface area contributed by atoms with Crippen molar-refractivity contribution in [1.82, 2.24) is 10.4 Å². The lowest BCUT2D eigenvalue weighted by molar-refractivity contribution is -0.137. The van der Waals surface area contributed by atoms with Crippen LogP contribution in [0.25, 0.3) is 0 Å². The molecule has 0 aliphatic rings. The van der Waals surface area contributed by atoms with Gasteiger partial charge in [-0.1, -0.05) is 11.6 Å². The van der Waals surface area contributed by atoms with E-state index >= 15 is 0 Å². The molecule has 0 radical (unpaired) electrons. The molecule has 1 aromatic carbocycles. The Kier molecular flexibility index (Phi) is 5.68. The summed E-state index contributed by atoms with van der Waals surface area (Å²) in [7, 11) is 1.55. The van der Waals surface area contributed by atoms with E-state index in [0.717, 1.165) is 6.07 Å². The zero-order valence-electron chi connectivity index (χ0n) is 12.2. The lowest BCUT2D eigenvalue weighted by atomic mass is 10.3. The Morgan fingerprint density at radius 3 is 2.46 bits per heavy atom. The second-order valence-electron chi connectivity index (χ2n) is 4.48. The molecule has 0 saturated heterocycles. The fourth-order valence-corrected chi connectivity index (χ4v) is 2.02. The molecule has 24 heavy (non-hydrogen) atoms. The van der Waals surface area contributed by atoms with Crippen LogP contribution in [-0.2, 0) is 6.18 Å². The first-order chi connectivity index (χ1) is 11.3. The van der Waals surface area contributed by atoms with Crippen molar-refractivity contribution in [3.8, 4) is 5.75 Å². The summed E-state index contributed by atoms with van der Waals surface area (Å²) >= 11 is 10.8. The number of hydrogen-bond acceptors (Lipinski definition) is 4. The van der Waals surface area contributed by atoms with Crippen LogP contribution >= 0.6 is 23.8 Å². The van der Waals surface area contributed by atoms with Crippen molar-refractivity contribution in [3.63, 3.8) is 0 Å². The zero-order valence-corrected chi connectivity index (χ0v) is 13.8. The van der Waals surface area contributed by atoms with Gasteiger partial charge in [0, 0.05) is 11.9 Å². The lowest BCUT2D eigenvalue weighted by Crippen LogP contribution is -2.33. The van der Waals surface area contributed by atoms with Gasteiger partial charge in [0.1, 0.15) is 5.75 Å². The smallest absolute Gasteiger partial charge is 0.417 e. The molecule has 0 spiro atoms. The largest absolute Gasteiger partial charge is 0.497 e. The highest BCUT2D eigenvalue weighted by atomic mass is 35.5. The van der Waals surface area contributed by atoms with Crippen LogP contribution in [0.3, 0.4) is 0 Å². The van der Waals surface area contributed by atoms with Crippen LogP contribution in [0.5, 0.6) is 5.75 Å². The second kappa shape index (κ2) is 7.54. The van der Waals surface area contributed by atoms with Gasteiger partial charge in [-0.15, -0.1) is 0 Å². The third-order valence-electron chi connectivity index (χ3n) is 2.81. The number of ether oxygens (including phenoxy) is 1. The molecular weight excluding hydrogens is 365 g/mol. The molecule has 0 atom stereocenters. The van der Waals surface area contributed by atoms with Crippen LogP contribution in [0, 0.1) is 0 Å². The van der Waals surface area contributed by atoms with Crippen molar-refractivity contribution >= 4 is 40.4 Å². The summed E-state index contributed by atoms with van der Waals surface area (Å²) in [5.74, 6) is 0.710. The minimum Gasteiger partial charge on any atom is -0.497 e. The Hall–Kier alpha value is -2.26. The zero-order chi connectivity index (χ0) is 17.7. The molecule has 0 aliphatic carbocycles. The minimum absolute atomic E-state index is 0.0172. The van der Waals surface area contributed by atoms with Crippen LogP contribution in [0.2, 0.25) is 5.02 Å². The van der Waals surface area contributed by atoms with Gasteiger partial charge in [-0.25, -0.2) is 4.98 Å². The number of benzene rings is 1. The Labute approximate surface area is 146 Å². The standard InChI is InChI=1S/C14H12ClF3N4OS/c1-23-10-4-2-9(3-5-10)20-13(24)22-21-12-11(15)6-8(7-19-12)14(16,17)18/h2-7H,1H3,(H,19,21)(H2,20,22,24). The summed E-state index contributed by atoms with van der Waals surface area (Å²) in [5, 5.41) is 2.86. The quantitative estimate of drug-likeness (QED) is 0.552. The number of thiocarbonyl (C=S) groups is 1. The van der Waals surface area contributed by atoms with Crippen LogP contribution in [0.1, 0.15) is 5.56 Å². The molecule has 1 heterocycles. The van der Waals surface area contributed by atoms with Gasteiger partial charge in [0.2, 0.25) is 0 Å². The monoisotopic (exact) mass is 376 g/mol. The molecule has 0 aliphatic heterocycles. The Morgan fingerprint density at radius 1 is 1.25 bits per heavy atom. The van der Waals surface area contributed by atoms with E-state index in [1.54, 1.807) is 31.4 Å². The van der Waals surface area contributed by atoms with Gasteiger partial charge in [-0.2, -0.15) is 13.2 Å². The number of hydrogen-bond donors (Lipinski definition) is 3. The highest BCUT2D eigenvalue weighted by Crippen LogP contribution is 2.32. The average Bonchev–Trinajstić information content (AvgIpc) is 2.53. The summed E-state index contributed by atoms with van der Waals surface area (Å²) in [6.45, 7) is 0. The first-order valence-corrected chi connectivity index (χ1v) is 7.28. The summed E-state index contributed by atoms with van der Waals surface area (Å²) in [5.41, 5.74) is 4.89. The number of alkyl halides is 3. The van der Waals surface area contributed by atoms with Crippen LogP contribution in [0.4, 0.5) is 24.7 Å². The number of methoxy groups -OCH3 is 1. The molecule has 1 aromatic heterocycles. The lowest BCUT2D eigenvalue weighted by Gasteiger charge is -2.14. The SMILES string of the molecule is COc1ccc(NC(=S)NNc2ncc(C(F)(F)F)cc2Cl)cc1. The third kappa shape index (κ3) is 4.87. The molecule has 128 valence electrons. The van der Waals surface area contributed by atoms with E-state index in [1.807, 2.05) is 0 Å². The molecule has 0 amide bonds. The normalized spacial score (nSPS) is 10.9. The number of anilines is 2. The van der Waals surface area contributed by atoms with E-state index in [4.69, 9.17) is 28.6 Å². The maximum absolute atomic E-state index is 12.5. The van der Waals surface area contributed by atoms with Crippen molar-refractivity contribution in [2.75, 3.05) is 17.9 Å². The van der Waals surface area contributed by atoms with Gasteiger partial charge in [-0.3, -0.25) is 10.9 Å². The van der Waals surface area contributed by atoms with Crippen molar-refractivity contribution in [2.24, 2.45) is 0 Å². The van der Waals surface area contributed by atoms with Gasteiger partial charge in [0.15, 0.2) is 10.9 Å². The summed E-state index contributed by atoms with van der Waals surface area (Å²) < 4.78 is 42.6. The van der Waals surface area contributed by atoms with Gasteiger partial charge < -0.3 is 10.1 Å². The molecular formula is C14H12ClF3N4OS. The summed E-state index contributed by atoms with van der Waals surface area (Å²) in [6, 6.07) is 7.75. The van der Waals surface area contributed by atoms with Crippen molar-refractivity contribution in [3.05, 3.63) is 47.1 Å². The summed E-state index contributed by atoms with van der Waals surface area (Å²) in [4.78, 5) is 3.62. The van der Waals surface area contributed by atoms with Crippen LogP contribution < -0.4 is 20.9 Å². The highest BCUT2D eigenvalue weighted by molar-refractivity contribution is 7.80. The van der Waals surface area contributed by atoms with E-state index in [2.05, 4.69) is 21.2 Å².